The summed E-state index contributed by atoms with van der Waals surface area (Å²) in [6.07, 6.45) is 13.2. The predicted octanol–water partition coefficient (Wildman–Crippen LogP) is 6.46. The lowest BCUT2D eigenvalue weighted by Crippen LogP contribution is -2.55. The fourth-order valence-electron chi connectivity index (χ4n) is 8.39. The van der Waals surface area contributed by atoms with Gasteiger partial charge in [-0.1, -0.05) is 36.1 Å². The smallest absolute Gasteiger partial charge is 0.0972 e. The van der Waals surface area contributed by atoms with Crippen LogP contribution in [0.25, 0.3) is 0 Å². The molecule has 8 atom stereocenters. The van der Waals surface area contributed by atoms with Gasteiger partial charge in [0.05, 0.1) is 18.3 Å². The topological polar surface area (TPSA) is 32.8 Å². The Morgan fingerprint density at radius 3 is 2.27 bits per heavy atom. The van der Waals surface area contributed by atoms with Crippen LogP contribution in [0.2, 0.25) is 0 Å². The third-order valence-corrected chi connectivity index (χ3v) is 9.78. The SMILES string of the molecule is C.C.C.CC[C@]12CC[C@@H](O)C[C@@H]1CC[C@@H]1[C@@H]2CC[C@@]2(C)[C@H]1CC[C@@]21CO1. The number of aliphatic hydroxyl groups is 1. The highest BCUT2D eigenvalue weighted by Crippen LogP contribution is 2.71. The van der Waals surface area contributed by atoms with Crippen LogP contribution in [0.5, 0.6) is 0 Å². The van der Waals surface area contributed by atoms with Crippen LogP contribution in [0.4, 0.5) is 0 Å². The maximum absolute atomic E-state index is 10.2. The van der Waals surface area contributed by atoms with E-state index in [0.29, 0.717) is 16.4 Å². The summed E-state index contributed by atoms with van der Waals surface area (Å²) >= 11 is 0. The Labute approximate surface area is 163 Å². The Morgan fingerprint density at radius 1 is 0.923 bits per heavy atom. The van der Waals surface area contributed by atoms with Crippen molar-refractivity contribution in [2.75, 3.05) is 6.61 Å². The minimum atomic E-state index is -0.0142. The average Bonchev–Trinajstić information content (AvgIpc) is 3.28. The molecule has 0 bridgehead atoms. The zero-order valence-corrected chi connectivity index (χ0v) is 15.0. The van der Waals surface area contributed by atoms with Crippen LogP contribution < -0.4 is 0 Å². The quantitative estimate of drug-likeness (QED) is 0.540. The van der Waals surface area contributed by atoms with E-state index in [1.54, 1.807) is 0 Å². The van der Waals surface area contributed by atoms with E-state index >= 15 is 0 Å². The maximum Gasteiger partial charge on any atom is 0.0972 e. The molecule has 0 amide bonds. The Kier molecular flexibility index (Phi) is 6.04. The third-order valence-electron chi connectivity index (χ3n) is 9.78. The van der Waals surface area contributed by atoms with E-state index in [1.165, 1.54) is 51.4 Å². The molecule has 2 nitrogen and oxygen atoms in total. The summed E-state index contributed by atoms with van der Waals surface area (Å²) in [5, 5.41) is 10.2. The summed E-state index contributed by atoms with van der Waals surface area (Å²) < 4.78 is 6.05. The molecule has 0 radical (unpaired) electrons. The van der Waals surface area contributed by atoms with Crippen molar-refractivity contribution < 1.29 is 9.84 Å². The van der Waals surface area contributed by atoms with Crippen molar-refractivity contribution in [1.29, 1.82) is 0 Å². The van der Waals surface area contributed by atoms with E-state index in [-0.39, 0.29) is 28.4 Å². The molecule has 5 fully saturated rings. The molecule has 4 saturated carbocycles. The Hall–Kier alpha value is -0.0800. The lowest BCUT2D eigenvalue weighted by atomic mass is 9.43. The van der Waals surface area contributed by atoms with Crippen LogP contribution in [-0.2, 0) is 4.74 Å². The highest BCUT2D eigenvalue weighted by Gasteiger charge is 2.70. The predicted molar refractivity (Wildman–Crippen MR) is 111 cm³/mol. The molecule has 5 rings (SSSR count). The molecule has 1 saturated heterocycles. The number of fused-ring (bicyclic) bond motifs is 6. The molecule has 154 valence electrons. The number of hydrogen-bond acceptors (Lipinski definition) is 2. The van der Waals surface area contributed by atoms with Crippen LogP contribution in [-0.4, -0.2) is 23.4 Å². The second-order valence-corrected chi connectivity index (χ2v) is 9.94. The van der Waals surface area contributed by atoms with Crippen molar-refractivity contribution in [3.63, 3.8) is 0 Å². The van der Waals surface area contributed by atoms with Crippen molar-refractivity contribution >= 4 is 0 Å². The van der Waals surface area contributed by atoms with Gasteiger partial charge in [-0.15, -0.1) is 0 Å². The van der Waals surface area contributed by atoms with Crippen molar-refractivity contribution in [3.8, 4) is 0 Å². The molecule has 0 aromatic rings. The molecule has 4 aliphatic carbocycles. The van der Waals surface area contributed by atoms with Crippen LogP contribution in [0, 0.1) is 34.5 Å². The van der Waals surface area contributed by atoms with Gasteiger partial charge in [-0.2, -0.15) is 0 Å². The van der Waals surface area contributed by atoms with Crippen molar-refractivity contribution in [2.24, 2.45) is 34.5 Å². The second kappa shape index (κ2) is 7.07. The van der Waals surface area contributed by atoms with Crippen LogP contribution in [0.1, 0.15) is 100 Å². The number of epoxide rings is 1. The van der Waals surface area contributed by atoms with Gasteiger partial charge >= 0.3 is 0 Å². The van der Waals surface area contributed by atoms with E-state index in [9.17, 15) is 5.11 Å². The van der Waals surface area contributed by atoms with Gasteiger partial charge in [-0.05, 0) is 93.3 Å². The van der Waals surface area contributed by atoms with E-state index in [2.05, 4.69) is 13.8 Å². The molecule has 1 aliphatic heterocycles. The summed E-state index contributed by atoms with van der Waals surface area (Å²) in [6, 6.07) is 0. The van der Waals surface area contributed by atoms with Gasteiger partial charge < -0.3 is 9.84 Å². The third kappa shape index (κ3) is 2.57. The molecule has 2 heteroatoms. The Morgan fingerprint density at radius 2 is 1.62 bits per heavy atom. The number of aliphatic hydroxyl groups excluding tert-OH is 1. The molecular formula is C24H46O2. The van der Waals surface area contributed by atoms with Gasteiger partial charge in [0.1, 0.15) is 0 Å². The molecule has 0 aromatic heterocycles. The highest BCUT2D eigenvalue weighted by molar-refractivity contribution is 5.18. The first-order chi connectivity index (χ1) is 11.0. The van der Waals surface area contributed by atoms with Gasteiger partial charge in [0, 0.05) is 5.41 Å². The highest BCUT2D eigenvalue weighted by atomic mass is 16.6. The summed E-state index contributed by atoms with van der Waals surface area (Å²) in [6.45, 7) is 6.06. The number of hydrogen-bond donors (Lipinski definition) is 1. The van der Waals surface area contributed by atoms with Crippen LogP contribution in [0.15, 0.2) is 0 Å². The molecule has 0 aromatic carbocycles. The van der Waals surface area contributed by atoms with E-state index < -0.39 is 0 Å². The second-order valence-electron chi connectivity index (χ2n) is 9.94. The van der Waals surface area contributed by atoms with E-state index in [1.807, 2.05) is 0 Å². The standard InChI is InChI=1S/C21H34O2.3CH4/c1-3-20-10-6-15(22)12-14(20)4-5-16-17-8-11-21(13-23-21)19(17,2)9-7-18(16)20;;;/h14-18,22H,3-13H2,1-2H3;3*1H4/t14-,15+,16-,17-,18-,19-,20-,21+;;;/m0.../s1. The van der Waals surface area contributed by atoms with Crippen molar-refractivity contribution in [1.82, 2.24) is 0 Å². The summed E-state index contributed by atoms with van der Waals surface area (Å²) in [5.41, 5.74) is 1.33. The molecule has 26 heavy (non-hydrogen) atoms. The minimum Gasteiger partial charge on any atom is -0.393 e. The first kappa shape index (κ1) is 22.2. The first-order valence-electron chi connectivity index (χ1n) is 10.4. The molecule has 0 unspecified atom stereocenters. The molecule has 1 heterocycles. The van der Waals surface area contributed by atoms with Gasteiger partial charge in [-0.25, -0.2) is 0 Å². The van der Waals surface area contributed by atoms with Gasteiger partial charge in [0.2, 0.25) is 0 Å². The molecule has 5 aliphatic rings. The zero-order valence-electron chi connectivity index (χ0n) is 15.0. The van der Waals surface area contributed by atoms with Crippen LogP contribution >= 0.6 is 0 Å². The van der Waals surface area contributed by atoms with E-state index in [0.717, 1.165) is 43.1 Å². The number of ether oxygens (including phenoxy) is 1. The summed E-state index contributed by atoms with van der Waals surface area (Å²) in [5.74, 6) is 3.60. The molecule has 1 N–H and O–H groups in total. The lowest BCUT2D eigenvalue weighted by Gasteiger charge is -2.61. The normalized spacial score (nSPS) is 53.9. The molecule has 1 spiro atoms. The van der Waals surface area contributed by atoms with Gasteiger partial charge in [0.15, 0.2) is 0 Å². The van der Waals surface area contributed by atoms with Gasteiger partial charge in [-0.3, -0.25) is 0 Å². The van der Waals surface area contributed by atoms with Gasteiger partial charge in [0.25, 0.3) is 0 Å². The Balaban J connectivity index is 0.000000810. The lowest BCUT2D eigenvalue weighted by molar-refractivity contribution is -0.138. The first-order valence-corrected chi connectivity index (χ1v) is 10.4. The van der Waals surface area contributed by atoms with E-state index in [4.69, 9.17) is 4.74 Å². The maximum atomic E-state index is 10.2. The van der Waals surface area contributed by atoms with Crippen molar-refractivity contribution in [3.05, 3.63) is 0 Å². The summed E-state index contributed by atoms with van der Waals surface area (Å²) in [7, 11) is 0. The zero-order chi connectivity index (χ0) is 15.9. The Bertz CT molecular complexity index is 498. The summed E-state index contributed by atoms with van der Waals surface area (Å²) in [4.78, 5) is 0. The van der Waals surface area contributed by atoms with Crippen LogP contribution in [0.3, 0.4) is 0 Å². The fourth-order valence-corrected chi connectivity index (χ4v) is 8.39. The largest absolute Gasteiger partial charge is 0.393 e. The van der Waals surface area contributed by atoms with Crippen molar-refractivity contribution in [2.45, 2.75) is 112 Å². The fraction of sp³-hybridized carbons (Fsp3) is 1.00. The molecular weight excluding hydrogens is 320 g/mol. The number of rotatable bonds is 1. The monoisotopic (exact) mass is 366 g/mol. The average molecular weight is 367 g/mol. The minimum absolute atomic E-state index is 0.